The topological polar surface area (TPSA) is 75.3 Å². The molecular weight excluding hydrogens is 201 g/mol. The Morgan fingerprint density at radius 3 is 2.14 bits per heavy atom. The molecule has 0 spiro atoms. The Balaban J connectivity index is 4.35. The zero-order valence-electron chi connectivity index (χ0n) is 7.85. The maximum atomic E-state index is 12.1. The highest BCUT2D eigenvalue weighted by molar-refractivity contribution is 5.77. The van der Waals surface area contributed by atoms with E-state index in [0.29, 0.717) is 0 Å². The number of aliphatic hydroxyl groups is 1. The van der Waals surface area contributed by atoms with Gasteiger partial charge in [-0.1, -0.05) is 0 Å². The van der Waals surface area contributed by atoms with Crippen molar-refractivity contribution in [2.75, 3.05) is 6.54 Å². The molecule has 0 aromatic carbocycles. The summed E-state index contributed by atoms with van der Waals surface area (Å²) < 4.78 is 36.4. The van der Waals surface area contributed by atoms with Crippen LogP contribution in [0.3, 0.4) is 0 Å². The minimum absolute atomic E-state index is 0.734. The van der Waals surface area contributed by atoms with Crippen molar-refractivity contribution in [1.29, 1.82) is 0 Å². The number of nitrogens with one attached hydrogen (secondary N) is 1. The van der Waals surface area contributed by atoms with Gasteiger partial charge in [-0.15, -0.1) is 0 Å². The van der Waals surface area contributed by atoms with Gasteiger partial charge < -0.3 is 10.8 Å². The van der Waals surface area contributed by atoms with Crippen molar-refractivity contribution in [2.45, 2.75) is 25.7 Å². The van der Waals surface area contributed by atoms with E-state index in [-0.39, 0.29) is 0 Å². The first-order valence-electron chi connectivity index (χ1n) is 3.87. The standard InChI is InChI=1S/C7H13F3N2O2/c1-6(2,14)12-3-4(5(11)13)7(8,9)10/h4,12,14H,3H2,1-2H3,(H2,11,13)/t4-/m0/s1. The SMILES string of the molecule is CC(C)(O)NC[C@@H](C(N)=O)C(F)(F)F. The molecule has 0 aliphatic rings. The lowest BCUT2D eigenvalue weighted by Gasteiger charge is -2.23. The van der Waals surface area contributed by atoms with E-state index in [2.05, 4.69) is 11.1 Å². The van der Waals surface area contributed by atoms with E-state index < -0.39 is 30.3 Å². The lowest BCUT2D eigenvalue weighted by molar-refractivity contribution is -0.181. The quantitative estimate of drug-likeness (QED) is 0.575. The summed E-state index contributed by atoms with van der Waals surface area (Å²) in [4.78, 5) is 10.4. The van der Waals surface area contributed by atoms with E-state index in [0.717, 1.165) is 0 Å². The molecule has 14 heavy (non-hydrogen) atoms. The third-order valence-electron chi connectivity index (χ3n) is 1.48. The molecule has 0 rings (SSSR count). The average Bonchev–Trinajstić information content (AvgIpc) is 1.79. The minimum Gasteiger partial charge on any atom is -0.376 e. The van der Waals surface area contributed by atoms with Crippen LogP contribution in [0.2, 0.25) is 0 Å². The fourth-order valence-electron chi connectivity index (χ4n) is 0.729. The van der Waals surface area contributed by atoms with Crippen LogP contribution >= 0.6 is 0 Å². The monoisotopic (exact) mass is 214 g/mol. The predicted molar refractivity (Wildman–Crippen MR) is 43.0 cm³/mol. The van der Waals surface area contributed by atoms with E-state index in [1.54, 1.807) is 0 Å². The van der Waals surface area contributed by atoms with E-state index >= 15 is 0 Å². The third kappa shape index (κ3) is 5.03. The van der Waals surface area contributed by atoms with Gasteiger partial charge in [0.15, 0.2) is 0 Å². The van der Waals surface area contributed by atoms with Crippen LogP contribution in [0.1, 0.15) is 13.8 Å². The van der Waals surface area contributed by atoms with Crippen molar-refractivity contribution < 1.29 is 23.1 Å². The second kappa shape index (κ2) is 4.14. The van der Waals surface area contributed by atoms with Crippen LogP contribution in [-0.4, -0.2) is 29.5 Å². The maximum Gasteiger partial charge on any atom is 0.401 e. The first kappa shape index (κ1) is 13.2. The number of amides is 1. The molecule has 0 aromatic heterocycles. The smallest absolute Gasteiger partial charge is 0.376 e. The number of hydrogen-bond acceptors (Lipinski definition) is 3. The largest absolute Gasteiger partial charge is 0.401 e. The highest BCUT2D eigenvalue weighted by atomic mass is 19.4. The molecule has 0 heterocycles. The molecular formula is C7H13F3N2O2. The average molecular weight is 214 g/mol. The van der Waals surface area contributed by atoms with Gasteiger partial charge in [-0.25, -0.2) is 0 Å². The molecule has 0 radical (unpaired) electrons. The van der Waals surface area contributed by atoms with E-state index in [1.165, 1.54) is 13.8 Å². The summed E-state index contributed by atoms with van der Waals surface area (Å²) in [6.45, 7) is 1.80. The van der Waals surface area contributed by atoms with Gasteiger partial charge in [0.05, 0.1) is 0 Å². The van der Waals surface area contributed by atoms with Crippen molar-refractivity contribution in [3.05, 3.63) is 0 Å². The molecule has 7 heteroatoms. The van der Waals surface area contributed by atoms with Gasteiger partial charge in [0, 0.05) is 6.54 Å². The second-order valence-corrected chi connectivity index (χ2v) is 3.44. The van der Waals surface area contributed by atoms with Crippen LogP contribution in [0.5, 0.6) is 0 Å². The molecule has 0 aliphatic carbocycles. The lowest BCUT2D eigenvalue weighted by Crippen LogP contribution is -2.48. The number of halogens is 3. The molecule has 0 aliphatic heterocycles. The number of carbonyl (C=O) groups is 1. The number of hydrogen-bond donors (Lipinski definition) is 3. The Labute approximate surface area is 79.3 Å². The van der Waals surface area contributed by atoms with E-state index in [1.807, 2.05) is 0 Å². The van der Waals surface area contributed by atoms with Crippen molar-refractivity contribution in [3.63, 3.8) is 0 Å². The fourth-order valence-corrected chi connectivity index (χ4v) is 0.729. The molecule has 1 atom stereocenters. The van der Waals surface area contributed by atoms with Gasteiger partial charge >= 0.3 is 6.18 Å². The maximum absolute atomic E-state index is 12.1. The fraction of sp³-hybridized carbons (Fsp3) is 0.857. The van der Waals surface area contributed by atoms with Crippen LogP contribution < -0.4 is 11.1 Å². The Hall–Kier alpha value is -0.820. The molecule has 0 saturated carbocycles. The summed E-state index contributed by atoms with van der Waals surface area (Å²) in [5.74, 6) is -3.75. The molecule has 4 N–H and O–H groups in total. The normalized spacial score (nSPS) is 15.3. The van der Waals surface area contributed by atoms with Gasteiger partial charge in [0.2, 0.25) is 5.91 Å². The molecule has 84 valence electrons. The Bertz CT molecular complexity index is 210. The molecule has 0 bridgehead atoms. The minimum atomic E-state index is -4.69. The highest BCUT2D eigenvalue weighted by Crippen LogP contribution is 2.25. The molecule has 0 fully saturated rings. The molecule has 0 saturated heterocycles. The van der Waals surface area contributed by atoms with Crippen molar-refractivity contribution in [3.8, 4) is 0 Å². The second-order valence-electron chi connectivity index (χ2n) is 3.44. The van der Waals surface area contributed by atoms with Gasteiger partial charge in [-0.2, -0.15) is 13.2 Å². The Morgan fingerprint density at radius 1 is 1.50 bits per heavy atom. The van der Waals surface area contributed by atoms with Crippen LogP contribution in [-0.2, 0) is 4.79 Å². The van der Waals surface area contributed by atoms with Crippen LogP contribution in [0.15, 0.2) is 0 Å². The van der Waals surface area contributed by atoms with Gasteiger partial charge in [0.25, 0.3) is 0 Å². The summed E-state index contributed by atoms with van der Waals surface area (Å²) in [5, 5.41) is 11.2. The Kier molecular flexibility index (Phi) is 3.90. The van der Waals surface area contributed by atoms with Crippen LogP contribution in [0.25, 0.3) is 0 Å². The predicted octanol–water partition coefficient (Wildman–Crippen LogP) is -0.0318. The van der Waals surface area contributed by atoms with E-state index in [4.69, 9.17) is 5.11 Å². The van der Waals surface area contributed by atoms with Gasteiger partial charge in [-0.3, -0.25) is 10.1 Å². The molecule has 0 unspecified atom stereocenters. The first-order chi connectivity index (χ1) is 6.04. The van der Waals surface area contributed by atoms with Crippen LogP contribution in [0.4, 0.5) is 13.2 Å². The summed E-state index contributed by atoms with van der Waals surface area (Å²) >= 11 is 0. The number of primary amides is 1. The van der Waals surface area contributed by atoms with Crippen LogP contribution in [0, 0.1) is 5.92 Å². The van der Waals surface area contributed by atoms with E-state index in [9.17, 15) is 18.0 Å². The Morgan fingerprint density at radius 2 is 1.93 bits per heavy atom. The summed E-state index contributed by atoms with van der Waals surface area (Å²) in [6.07, 6.45) is -4.69. The summed E-state index contributed by atoms with van der Waals surface area (Å²) in [7, 11) is 0. The lowest BCUT2D eigenvalue weighted by atomic mass is 10.1. The molecule has 1 amide bonds. The number of carbonyl (C=O) groups excluding carboxylic acids is 1. The summed E-state index contributed by atoms with van der Waals surface area (Å²) in [5.41, 5.74) is 3.10. The van der Waals surface area contributed by atoms with Crippen molar-refractivity contribution in [2.24, 2.45) is 11.7 Å². The van der Waals surface area contributed by atoms with Crippen molar-refractivity contribution in [1.82, 2.24) is 5.32 Å². The third-order valence-corrected chi connectivity index (χ3v) is 1.48. The zero-order chi connectivity index (χ0) is 11.6. The first-order valence-corrected chi connectivity index (χ1v) is 3.87. The van der Waals surface area contributed by atoms with Crippen molar-refractivity contribution >= 4 is 5.91 Å². The molecule has 4 nitrogen and oxygen atoms in total. The number of alkyl halides is 3. The number of rotatable bonds is 4. The molecule has 0 aromatic rings. The van der Waals surface area contributed by atoms with Gasteiger partial charge in [-0.05, 0) is 13.8 Å². The van der Waals surface area contributed by atoms with Gasteiger partial charge in [0.1, 0.15) is 11.6 Å². The number of nitrogens with two attached hydrogens (primary N) is 1. The highest BCUT2D eigenvalue weighted by Gasteiger charge is 2.43. The zero-order valence-corrected chi connectivity index (χ0v) is 7.85. The summed E-state index contributed by atoms with van der Waals surface area (Å²) in [6, 6.07) is 0.